The number of benzene rings is 13. The molecule has 3 heteroatoms. The number of fused-ring (bicyclic) bond motifs is 11. The molecular weight excluding hydrogens is 909 g/mol. The van der Waals surface area contributed by atoms with Crippen molar-refractivity contribution in [1.29, 1.82) is 0 Å². The lowest BCUT2D eigenvalue weighted by atomic mass is 9.93. The van der Waals surface area contributed by atoms with Crippen LogP contribution in [0, 0.1) is 0 Å². The molecule has 0 N–H and O–H groups in total. The Morgan fingerprint density at radius 3 is 1.63 bits per heavy atom. The van der Waals surface area contributed by atoms with Crippen LogP contribution in [0.3, 0.4) is 0 Å². The minimum absolute atomic E-state index is 0.866. The highest BCUT2D eigenvalue weighted by atomic mass is 16.3. The Bertz CT molecular complexity index is 4660. The number of hydrogen-bond acceptors (Lipinski definition) is 2. The molecule has 75 heavy (non-hydrogen) atoms. The Morgan fingerprint density at radius 1 is 0.280 bits per heavy atom. The predicted octanol–water partition coefficient (Wildman–Crippen LogP) is 20.3. The molecule has 0 bridgehead atoms. The molecule has 0 spiro atoms. The van der Waals surface area contributed by atoms with Gasteiger partial charge in [0.2, 0.25) is 0 Å². The molecule has 350 valence electrons. The van der Waals surface area contributed by atoms with Gasteiger partial charge in [-0.1, -0.05) is 200 Å². The average Bonchev–Trinajstić information content (AvgIpc) is 4.04. The lowest BCUT2D eigenvalue weighted by Gasteiger charge is -2.30. The van der Waals surface area contributed by atoms with Crippen molar-refractivity contribution >= 4 is 93.1 Å². The van der Waals surface area contributed by atoms with Gasteiger partial charge in [0.1, 0.15) is 11.2 Å². The molecule has 0 fully saturated rings. The molecule has 13 aromatic carbocycles. The standard InChI is InChI=1S/C72H46N2O/c1-2-15-48(16-3-1)66-45-54(53-32-31-51-30-29-49-17-4-6-21-58(49)65(51)44-53)37-42-70(66)73(67-26-11-8-22-59(67)55-36-40-63-64-41-35-50-18-5-7-23-60(50)72(64)75-71(63)46-55)56-38-33-47(34-39-56)52-19-14-20-57(43-52)74-68-27-12-9-24-61(68)62-25-10-13-28-69(62)74/h1-46H. The van der Waals surface area contributed by atoms with Gasteiger partial charge in [-0.3, -0.25) is 0 Å². The molecule has 0 radical (unpaired) electrons. The summed E-state index contributed by atoms with van der Waals surface area (Å²) in [4.78, 5) is 2.45. The number of anilines is 3. The second kappa shape index (κ2) is 17.4. The zero-order valence-electron chi connectivity index (χ0n) is 40.9. The monoisotopic (exact) mass is 954 g/mol. The maximum Gasteiger partial charge on any atom is 0.143 e. The SMILES string of the molecule is c1ccc(-c2cc(-c3ccc4ccc5ccccc5c4c3)ccc2N(c2ccc(-c3cccc(-n4c5ccccc5c5ccccc54)c3)cc2)c2ccccc2-c2ccc3c(c2)oc2c4ccccc4ccc32)cc1. The van der Waals surface area contributed by atoms with Crippen LogP contribution in [0.5, 0.6) is 0 Å². The molecule has 2 aromatic heterocycles. The van der Waals surface area contributed by atoms with Crippen LogP contribution < -0.4 is 4.90 Å². The van der Waals surface area contributed by atoms with Crippen molar-refractivity contribution in [2.45, 2.75) is 0 Å². The molecule has 15 aromatic rings. The van der Waals surface area contributed by atoms with Crippen molar-refractivity contribution in [2.75, 3.05) is 4.90 Å². The van der Waals surface area contributed by atoms with E-state index >= 15 is 0 Å². The van der Waals surface area contributed by atoms with Crippen LogP contribution >= 0.6 is 0 Å². The van der Waals surface area contributed by atoms with Crippen LogP contribution in [0.1, 0.15) is 0 Å². The van der Waals surface area contributed by atoms with Crippen molar-refractivity contribution < 1.29 is 4.42 Å². The van der Waals surface area contributed by atoms with Crippen LogP contribution in [0.15, 0.2) is 283 Å². The minimum atomic E-state index is 0.866. The van der Waals surface area contributed by atoms with Crippen molar-refractivity contribution in [3.63, 3.8) is 0 Å². The summed E-state index contributed by atoms with van der Waals surface area (Å²) in [7, 11) is 0. The maximum absolute atomic E-state index is 6.79. The van der Waals surface area contributed by atoms with Crippen LogP contribution in [0.4, 0.5) is 17.1 Å². The van der Waals surface area contributed by atoms with Gasteiger partial charge in [-0.25, -0.2) is 0 Å². The van der Waals surface area contributed by atoms with Gasteiger partial charge in [-0.15, -0.1) is 0 Å². The summed E-state index contributed by atoms with van der Waals surface area (Å²) < 4.78 is 9.18. The molecule has 0 saturated heterocycles. The van der Waals surface area contributed by atoms with Gasteiger partial charge in [0, 0.05) is 49.4 Å². The van der Waals surface area contributed by atoms with E-state index in [4.69, 9.17) is 4.42 Å². The molecular formula is C72H46N2O. The van der Waals surface area contributed by atoms with E-state index in [-0.39, 0.29) is 0 Å². The van der Waals surface area contributed by atoms with E-state index in [1.54, 1.807) is 0 Å². The normalized spacial score (nSPS) is 11.7. The summed E-state index contributed by atoms with van der Waals surface area (Å²) >= 11 is 0. The quantitative estimate of drug-likeness (QED) is 0.142. The number of para-hydroxylation sites is 3. The third-order valence-corrected chi connectivity index (χ3v) is 15.4. The Hall–Kier alpha value is -9.96. The summed E-state index contributed by atoms with van der Waals surface area (Å²) in [5.74, 6) is 0. The van der Waals surface area contributed by atoms with Crippen molar-refractivity contribution in [2.24, 2.45) is 0 Å². The van der Waals surface area contributed by atoms with E-state index in [1.165, 1.54) is 54.3 Å². The highest BCUT2D eigenvalue weighted by molar-refractivity contribution is 6.16. The van der Waals surface area contributed by atoms with E-state index in [2.05, 4.69) is 289 Å². The van der Waals surface area contributed by atoms with Gasteiger partial charge in [-0.2, -0.15) is 0 Å². The first-order valence-electron chi connectivity index (χ1n) is 25.7. The van der Waals surface area contributed by atoms with Gasteiger partial charge in [0.15, 0.2) is 0 Å². The van der Waals surface area contributed by atoms with Gasteiger partial charge in [-0.05, 0) is 139 Å². The van der Waals surface area contributed by atoms with E-state index in [0.717, 1.165) is 89.0 Å². The number of aromatic nitrogens is 1. The third-order valence-electron chi connectivity index (χ3n) is 15.4. The number of nitrogens with zero attached hydrogens (tertiary/aromatic N) is 2. The molecule has 0 aliphatic heterocycles. The molecule has 0 unspecified atom stereocenters. The fourth-order valence-electron chi connectivity index (χ4n) is 11.8. The van der Waals surface area contributed by atoms with Crippen molar-refractivity contribution in [1.82, 2.24) is 4.57 Å². The zero-order chi connectivity index (χ0) is 49.4. The van der Waals surface area contributed by atoms with Crippen LogP contribution in [0.2, 0.25) is 0 Å². The Morgan fingerprint density at radius 2 is 0.827 bits per heavy atom. The van der Waals surface area contributed by atoms with Crippen LogP contribution in [-0.4, -0.2) is 4.57 Å². The summed E-state index contributed by atoms with van der Waals surface area (Å²) in [6, 6.07) is 102. The molecule has 3 nitrogen and oxygen atoms in total. The van der Waals surface area contributed by atoms with Crippen LogP contribution in [-0.2, 0) is 0 Å². The Balaban J connectivity index is 0.905. The predicted molar refractivity (Wildman–Crippen MR) is 317 cm³/mol. The molecule has 0 saturated carbocycles. The van der Waals surface area contributed by atoms with Gasteiger partial charge < -0.3 is 13.9 Å². The summed E-state index contributed by atoms with van der Waals surface area (Å²) in [5.41, 5.74) is 17.5. The average molecular weight is 955 g/mol. The lowest BCUT2D eigenvalue weighted by molar-refractivity contribution is 0.673. The van der Waals surface area contributed by atoms with Gasteiger partial charge in [0.25, 0.3) is 0 Å². The van der Waals surface area contributed by atoms with Crippen molar-refractivity contribution in [3.05, 3.63) is 279 Å². The number of hydrogen-bond donors (Lipinski definition) is 0. The van der Waals surface area contributed by atoms with E-state index in [9.17, 15) is 0 Å². The topological polar surface area (TPSA) is 21.3 Å². The fourth-order valence-corrected chi connectivity index (χ4v) is 11.8. The lowest BCUT2D eigenvalue weighted by Crippen LogP contribution is -2.12. The number of furan rings is 1. The zero-order valence-corrected chi connectivity index (χ0v) is 40.9. The second-order valence-corrected chi connectivity index (χ2v) is 19.6. The second-order valence-electron chi connectivity index (χ2n) is 19.6. The first kappa shape index (κ1) is 42.7. The summed E-state index contributed by atoms with van der Waals surface area (Å²) in [6.45, 7) is 0. The first-order chi connectivity index (χ1) is 37.2. The number of rotatable bonds is 8. The molecule has 0 atom stereocenters. The molecule has 0 aliphatic rings. The Kier molecular flexibility index (Phi) is 9.89. The maximum atomic E-state index is 6.79. The van der Waals surface area contributed by atoms with Gasteiger partial charge >= 0.3 is 0 Å². The molecule has 0 amide bonds. The molecule has 2 heterocycles. The van der Waals surface area contributed by atoms with Crippen LogP contribution in [0.25, 0.3) is 126 Å². The van der Waals surface area contributed by atoms with E-state index in [0.29, 0.717) is 0 Å². The largest absolute Gasteiger partial charge is 0.455 e. The first-order valence-corrected chi connectivity index (χ1v) is 25.7. The van der Waals surface area contributed by atoms with Crippen molar-refractivity contribution in [3.8, 4) is 50.2 Å². The minimum Gasteiger partial charge on any atom is -0.455 e. The third kappa shape index (κ3) is 7.12. The highest BCUT2D eigenvalue weighted by Gasteiger charge is 2.23. The summed E-state index contributed by atoms with van der Waals surface area (Å²) in [5, 5.41) is 12.0. The highest BCUT2D eigenvalue weighted by Crippen LogP contribution is 2.47. The van der Waals surface area contributed by atoms with Gasteiger partial charge in [0.05, 0.1) is 22.4 Å². The molecule has 0 aliphatic carbocycles. The smallest absolute Gasteiger partial charge is 0.143 e. The molecule has 15 rings (SSSR count). The van der Waals surface area contributed by atoms with E-state index in [1.807, 2.05) is 0 Å². The summed E-state index contributed by atoms with van der Waals surface area (Å²) in [6.07, 6.45) is 0. The fraction of sp³-hybridized carbons (Fsp3) is 0. The Labute approximate surface area is 434 Å². The van der Waals surface area contributed by atoms with E-state index < -0.39 is 0 Å².